The Morgan fingerprint density at radius 3 is 2.87 bits per heavy atom. The van der Waals surface area contributed by atoms with E-state index in [1.165, 1.54) is 0 Å². The van der Waals surface area contributed by atoms with Gasteiger partial charge in [0.15, 0.2) is 6.29 Å². The molecule has 2 heterocycles. The first-order valence-electron chi connectivity index (χ1n) is 7.53. The Labute approximate surface area is 134 Å². The van der Waals surface area contributed by atoms with E-state index in [2.05, 4.69) is 16.6 Å². The summed E-state index contributed by atoms with van der Waals surface area (Å²) in [5.74, 6) is 0. The van der Waals surface area contributed by atoms with Crippen LogP contribution < -0.4 is 0 Å². The van der Waals surface area contributed by atoms with Crippen molar-refractivity contribution in [2.24, 2.45) is 5.11 Å². The average molecular weight is 317 g/mol. The zero-order chi connectivity index (χ0) is 16.1. The van der Waals surface area contributed by atoms with Crippen LogP contribution in [0.2, 0.25) is 0 Å². The van der Waals surface area contributed by atoms with Gasteiger partial charge >= 0.3 is 0 Å². The highest BCUT2D eigenvalue weighted by Gasteiger charge is 2.51. The molecule has 0 aromatic heterocycles. The molecule has 0 N–H and O–H groups in total. The van der Waals surface area contributed by atoms with Crippen LogP contribution in [-0.2, 0) is 25.6 Å². The van der Waals surface area contributed by atoms with Gasteiger partial charge in [0.2, 0.25) is 0 Å². The van der Waals surface area contributed by atoms with Crippen LogP contribution in [0.1, 0.15) is 5.56 Å². The van der Waals surface area contributed by atoms with Gasteiger partial charge in [-0.25, -0.2) is 0 Å². The van der Waals surface area contributed by atoms with E-state index in [0.717, 1.165) is 5.56 Å². The minimum atomic E-state index is -0.586. The van der Waals surface area contributed by atoms with Crippen LogP contribution in [0, 0.1) is 0 Å². The van der Waals surface area contributed by atoms with E-state index in [-0.39, 0.29) is 12.2 Å². The SMILES string of the molecule is C=CCO[C@H]1[C@H](OCc2ccccc2)[C@@H](N=[N+]=[N-])[C@H]2OC[C@H]1O2. The maximum absolute atomic E-state index is 8.85. The van der Waals surface area contributed by atoms with Crippen molar-refractivity contribution in [1.29, 1.82) is 0 Å². The molecule has 7 heteroatoms. The summed E-state index contributed by atoms with van der Waals surface area (Å²) in [6.07, 6.45) is 0.0491. The van der Waals surface area contributed by atoms with E-state index in [1.54, 1.807) is 6.08 Å². The van der Waals surface area contributed by atoms with Crippen molar-refractivity contribution in [3.63, 3.8) is 0 Å². The molecule has 0 spiro atoms. The molecule has 0 unspecified atom stereocenters. The number of ether oxygens (including phenoxy) is 4. The third-order valence-electron chi connectivity index (χ3n) is 3.92. The van der Waals surface area contributed by atoms with Crippen LogP contribution in [0.15, 0.2) is 48.1 Å². The summed E-state index contributed by atoms with van der Waals surface area (Å²) in [6.45, 7) is 4.82. The molecule has 0 saturated carbocycles. The second kappa shape index (κ2) is 7.59. The molecule has 2 fully saturated rings. The molecular weight excluding hydrogens is 298 g/mol. The van der Waals surface area contributed by atoms with Gasteiger partial charge in [-0.15, -0.1) is 6.58 Å². The highest BCUT2D eigenvalue weighted by molar-refractivity contribution is 5.13. The van der Waals surface area contributed by atoms with Crippen LogP contribution in [0.25, 0.3) is 10.4 Å². The lowest BCUT2D eigenvalue weighted by Gasteiger charge is -2.38. The molecular formula is C16H19N3O4. The number of hydrogen-bond donors (Lipinski definition) is 0. The van der Waals surface area contributed by atoms with E-state index >= 15 is 0 Å². The van der Waals surface area contributed by atoms with Gasteiger partial charge in [0.05, 0.1) is 19.8 Å². The van der Waals surface area contributed by atoms with Crippen molar-refractivity contribution in [3.05, 3.63) is 59.0 Å². The maximum Gasteiger partial charge on any atom is 0.169 e. The molecule has 0 radical (unpaired) electrons. The van der Waals surface area contributed by atoms with Gasteiger partial charge in [0.1, 0.15) is 24.4 Å². The van der Waals surface area contributed by atoms with Crippen LogP contribution in [0.4, 0.5) is 0 Å². The average Bonchev–Trinajstić information content (AvgIpc) is 3.02. The molecule has 2 bridgehead atoms. The minimum absolute atomic E-state index is 0.231. The molecule has 3 rings (SSSR count). The first kappa shape index (κ1) is 16.0. The number of rotatable bonds is 7. The Morgan fingerprint density at radius 1 is 1.30 bits per heavy atom. The van der Waals surface area contributed by atoms with Crippen molar-refractivity contribution in [2.45, 2.75) is 37.3 Å². The van der Waals surface area contributed by atoms with E-state index in [1.807, 2.05) is 30.3 Å². The zero-order valence-corrected chi connectivity index (χ0v) is 12.7. The monoisotopic (exact) mass is 317 g/mol. The molecule has 1 aromatic rings. The molecule has 0 aliphatic carbocycles. The molecule has 2 saturated heterocycles. The first-order valence-corrected chi connectivity index (χ1v) is 7.53. The second-order valence-corrected chi connectivity index (χ2v) is 5.42. The number of benzene rings is 1. The van der Waals surface area contributed by atoms with Gasteiger partial charge in [0.25, 0.3) is 0 Å². The van der Waals surface area contributed by atoms with Crippen LogP contribution >= 0.6 is 0 Å². The summed E-state index contributed by atoms with van der Waals surface area (Å²) in [6, 6.07) is 9.22. The number of fused-ring (bicyclic) bond motifs is 2. The third-order valence-corrected chi connectivity index (χ3v) is 3.92. The van der Waals surface area contributed by atoms with Gasteiger partial charge in [0, 0.05) is 4.91 Å². The lowest BCUT2D eigenvalue weighted by molar-refractivity contribution is -0.206. The van der Waals surface area contributed by atoms with Gasteiger partial charge in [-0.3, -0.25) is 0 Å². The van der Waals surface area contributed by atoms with E-state index in [9.17, 15) is 0 Å². The predicted octanol–water partition coefficient (Wildman–Crippen LogP) is 2.58. The van der Waals surface area contributed by atoms with Gasteiger partial charge < -0.3 is 18.9 Å². The summed E-state index contributed by atoms with van der Waals surface area (Å²) in [5, 5.41) is 3.81. The van der Waals surface area contributed by atoms with Crippen molar-refractivity contribution >= 4 is 0 Å². The molecule has 23 heavy (non-hydrogen) atoms. The van der Waals surface area contributed by atoms with E-state index in [4.69, 9.17) is 24.5 Å². The Hall–Kier alpha value is -1.89. The highest BCUT2D eigenvalue weighted by atomic mass is 16.7. The minimum Gasteiger partial charge on any atom is -0.370 e. The normalized spacial score (nSPS) is 32.3. The van der Waals surface area contributed by atoms with Crippen LogP contribution in [-0.4, -0.2) is 43.9 Å². The van der Waals surface area contributed by atoms with Crippen molar-refractivity contribution in [3.8, 4) is 0 Å². The summed E-state index contributed by atoms with van der Waals surface area (Å²) in [7, 11) is 0. The number of hydrogen-bond acceptors (Lipinski definition) is 5. The molecule has 1 aromatic carbocycles. The maximum atomic E-state index is 8.85. The van der Waals surface area contributed by atoms with Crippen molar-refractivity contribution in [2.75, 3.05) is 13.2 Å². The van der Waals surface area contributed by atoms with Crippen molar-refractivity contribution in [1.82, 2.24) is 0 Å². The largest absolute Gasteiger partial charge is 0.370 e. The fourth-order valence-electron chi connectivity index (χ4n) is 2.87. The molecule has 7 nitrogen and oxygen atoms in total. The first-order chi connectivity index (χ1) is 11.3. The third kappa shape index (κ3) is 3.55. The fourth-order valence-corrected chi connectivity index (χ4v) is 2.87. The van der Waals surface area contributed by atoms with E-state index in [0.29, 0.717) is 19.8 Å². The molecule has 2 aliphatic heterocycles. The lowest BCUT2D eigenvalue weighted by atomic mass is 9.99. The quantitative estimate of drug-likeness (QED) is 0.335. The summed E-state index contributed by atoms with van der Waals surface area (Å²) in [5.41, 5.74) is 9.88. The summed E-state index contributed by atoms with van der Waals surface area (Å²) >= 11 is 0. The lowest BCUT2D eigenvalue weighted by Crippen LogP contribution is -2.55. The van der Waals surface area contributed by atoms with Crippen molar-refractivity contribution < 1.29 is 18.9 Å². The second-order valence-electron chi connectivity index (χ2n) is 5.42. The molecule has 0 amide bonds. The molecule has 5 atom stereocenters. The fraction of sp³-hybridized carbons (Fsp3) is 0.500. The standard InChI is InChI=1S/C16H19N3O4/c1-2-8-20-14-12-10-22-16(23-12)13(18-19-17)15(14)21-9-11-6-4-3-5-7-11/h2-7,12-16H,1,8-10H2/t12-,13-,14-,15-,16+/m1/s1. The Bertz CT molecular complexity index is 576. The Morgan fingerprint density at radius 2 is 2.13 bits per heavy atom. The van der Waals surface area contributed by atoms with Gasteiger partial charge in [-0.05, 0) is 11.1 Å². The topological polar surface area (TPSA) is 85.7 Å². The molecule has 122 valence electrons. The van der Waals surface area contributed by atoms with Crippen LogP contribution in [0.3, 0.4) is 0 Å². The zero-order valence-electron chi connectivity index (χ0n) is 12.7. The predicted molar refractivity (Wildman–Crippen MR) is 82.5 cm³/mol. The number of azide groups is 1. The number of nitrogens with zero attached hydrogens (tertiary/aromatic N) is 3. The summed E-state index contributed by atoms with van der Waals surface area (Å²) < 4.78 is 23.1. The smallest absolute Gasteiger partial charge is 0.169 e. The summed E-state index contributed by atoms with van der Waals surface area (Å²) in [4.78, 5) is 2.91. The van der Waals surface area contributed by atoms with Crippen LogP contribution in [0.5, 0.6) is 0 Å². The van der Waals surface area contributed by atoms with Gasteiger partial charge in [-0.1, -0.05) is 41.5 Å². The van der Waals surface area contributed by atoms with E-state index < -0.39 is 18.4 Å². The molecule has 2 aliphatic rings. The Balaban J connectivity index is 1.77. The Kier molecular flexibility index (Phi) is 5.27. The highest BCUT2D eigenvalue weighted by Crippen LogP contribution is 2.34. The van der Waals surface area contributed by atoms with Gasteiger partial charge in [-0.2, -0.15) is 0 Å².